The molecule has 2 atom stereocenters. The molecule has 0 aromatic carbocycles. The molecular formula is C21H26N4O7S2. The molecule has 0 bridgehead atoms. The average molecular weight is 511 g/mol. The second-order valence-corrected chi connectivity index (χ2v) is 10.4. The number of aromatic nitrogens is 1. The van der Waals surface area contributed by atoms with E-state index in [1.807, 2.05) is 6.92 Å². The van der Waals surface area contributed by atoms with Gasteiger partial charge in [0.1, 0.15) is 22.7 Å². The number of ether oxygens (including phenoxy) is 1. The Morgan fingerprint density at radius 3 is 2.65 bits per heavy atom. The Morgan fingerprint density at radius 2 is 2.06 bits per heavy atom. The number of carboxylic acid groups (broad SMARTS) is 1. The number of nitrogens with zero attached hydrogens (tertiary/aromatic N) is 2. The Balaban J connectivity index is 1.72. The molecule has 0 radical (unpaired) electrons. The van der Waals surface area contributed by atoms with E-state index in [9.17, 15) is 29.4 Å². The second-order valence-electron chi connectivity index (χ2n) is 8.47. The summed E-state index contributed by atoms with van der Waals surface area (Å²) in [5.74, 6) is -2.16. The van der Waals surface area contributed by atoms with Gasteiger partial charge in [-0.2, -0.15) is 0 Å². The number of aliphatic carboxylic acids is 1. The van der Waals surface area contributed by atoms with Crippen molar-refractivity contribution in [2.24, 2.45) is 0 Å². The van der Waals surface area contributed by atoms with E-state index >= 15 is 0 Å². The van der Waals surface area contributed by atoms with E-state index in [1.54, 1.807) is 32.2 Å². The number of carbonyl (C=O) groups is 4. The van der Waals surface area contributed by atoms with Crippen molar-refractivity contribution in [3.8, 4) is 0 Å². The van der Waals surface area contributed by atoms with Crippen molar-refractivity contribution in [1.29, 1.82) is 0 Å². The Hall–Kier alpha value is -2.90. The molecule has 3 rings (SSSR count). The Morgan fingerprint density at radius 1 is 1.35 bits per heavy atom. The van der Waals surface area contributed by atoms with Crippen molar-refractivity contribution in [3.05, 3.63) is 28.4 Å². The molecule has 184 valence electrons. The predicted molar refractivity (Wildman–Crippen MR) is 127 cm³/mol. The van der Waals surface area contributed by atoms with Gasteiger partial charge in [-0.1, -0.05) is 13.0 Å². The zero-order valence-electron chi connectivity index (χ0n) is 19.1. The summed E-state index contributed by atoms with van der Waals surface area (Å²) in [5, 5.41) is 25.4. The first-order valence-electron chi connectivity index (χ1n) is 10.4. The molecule has 1 aromatic heterocycles. The predicted octanol–water partition coefficient (Wildman–Crippen LogP) is 2.01. The van der Waals surface area contributed by atoms with Gasteiger partial charge < -0.3 is 20.3 Å². The molecule has 1 saturated heterocycles. The molecule has 3 heterocycles. The lowest BCUT2D eigenvalue weighted by atomic mass is 10.0. The number of hydrogen-bond acceptors (Lipinski definition) is 9. The van der Waals surface area contributed by atoms with Crippen LogP contribution in [0.1, 0.15) is 39.8 Å². The lowest BCUT2D eigenvalue weighted by Crippen LogP contribution is -2.70. The number of thioether (sulfide) groups is 1. The van der Waals surface area contributed by atoms with Crippen LogP contribution in [0.2, 0.25) is 0 Å². The fraction of sp³-hybridized carbons (Fsp3) is 0.476. The molecule has 1 fully saturated rings. The largest absolute Gasteiger partial charge is 0.477 e. The van der Waals surface area contributed by atoms with Crippen LogP contribution in [0.4, 0.5) is 9.93 Å². The lowest BCUT2D eigenvalue weighted by molar-refractivity contribution is -0.150. The van der Waals surface area contributed by atoms with Crippen LogP contribution in [0.3, 0.4) is 0 Å². The third-order valence-corrected chi connectivity index (χ3v) is 6.87. The normalized spacial score (nSPS) is 20.4. The van der Waals surface area contributed by atoms with Gasteiger partial charge in [-0.15, -0.1) is 23.1 Å². The van der Waals surface area contributed by atoms with E-state index in [0.717, 1.165) is 16.2 Å². The van der Waals surface area contributed by atoms with E-state index in [1.165, 1.54) is 11.8 Å². The molecule has 0 aliphatic carbocycles. The van der Waals surface area contributed by atoms with Gasteiger partial charge in [0.05, 0.1) is 17.9 Å². The summed E-state index contributed by atoms with van der Waals surface area (Å²) in [7, 11) is 0. The van der Waals surface area contributed by atoms with Gasteiger partial charge in [0.15, 0.2) is 5.13 Å². The van der Waals surface area contributed by atoms with Crippen molar-refractivity contribution >= 4 is 57.7 Å². The van der Waals surface area contributed by atoms with Crippen LogP contribution in [0.15, 0.2) is 22.7 Å². The van der Waals surface area contributed by atoms with Crippen LogP contribution in [-0.2, 0) is 19.1 Å². The maximum atomic E-state index is 13.0. The number of amides is 3. The van der Waals surface area contributed by atoms with Crippen LogP contribution in [0, 0.1) is 0 Å². The molecule has 11 nitrogen and oxygen atoms in total. The fourth-order valence-corrected chi connectivity index (χ4v) is 5.42. The summed E-state index contributed by atoms with van der Waals surface area (Å²) in [4.78, 5) is 54.7. The first kappa shape index (κ1) is 25.7. The highest BCUT2D eigenvalue weighted by molar-refractivity contribution is 8.00. The minimum atomic E-state index is -1.30. The number of anilines is 1. The quantitative estimate of drug-likeness (QED) is 0.318. The summed E-state index contributed by atoms with van der Waals surface area (Å²) in [6.45, 7) is 6.58. The van der Waals surface area contributed by atoms with Crippen LogP contribution < -0.4 is 10.6 Å². The molecule has 34 heavy (non-hydrogen) atoms. The van der Waals surface area contributed by atoms with Gasteiger partial charge in [-0.3, -0.25) is 19.8 Å². The highest BCUT2D eigenvalue weighted by atomic mass is 32.2. The van der Waals surface area contributed by atoms with Crippen molar-refractivity contribution < 1.29 is 34.1 Å². The summed E-state index contributed by atoms with van der Waals surface area (Å²) < 4.78 is 5.20. The Bertz CT molecular complexity index is 1070. The summed E-state index contributed by atoms with van der Waals surface area (Å²) >= 11 is 2.39. The number of rotatable bonds is 7. The highest BCUT2D eigenvalue weighted by Crippen LogP contribution is 2.40. The second kappa shape index (κ2) is 10.2. The van der Waals surface area contributed by atoms with Gasteiger partial charge >= 0.3 is 12.1 Å². The number of hydrogen-bond donors (Lipinski definition) is 4. The molecule has 2 aliphatic heterocycles. The van der Waals surface area contributed by atoms with Crippen LogP contribution in [0.25, 0.3) is 5.57 Å². The number of carboxylic acids is 1. The number of aliphatic hydroxyl groups excluding tert-OH is 1. The minimum absolute atomic E-state index is 0.230. The Kier molecular flexibility index (Phi) is 7.68. The standard InChI is InChI=1S/C21H26N4O7S2/c1-5-6-11(12-9-34-19(22-12)24-20(31)32-21(2,3)4)15(27)23-13-16(28)25-14(18(29)30)10(7-26)8-33-17(13)25/h6,9,13,17,26H,5,7-8H2,1-4H3,(H,23,27)(H,29,30)(H,22,24,31)/t13-,17-/m1/s1. The smallest absolute Gasteiger partial charge is 0.413 e. The van der Waals surface area contributed by atoms with Gasteiger partial charge in [-0.05, 0) is 32.8 Å². The number of thiazole rings is 1. The fourth-order valence-electron chi connectivity index (χ4n) is 3.39. The molecular weight excluding hydrogens is 484 g/mol. The number of carbonyl (C=O) groups excluding carboxylic acids is 3. The molecule has 0 spiro atoms. The SMILES string of the molecule is CCC=C(C(=O)N[C@@H]1C(=O)N2C(C(=O)O)=C(CO)CS[C@H]12)c1csc(NC(=O)OC(C)(C)C)n1. The number of fused-ring (bicyclic) bond motifs is 1. The molecule has 0 saturated carbocycles. The molecule has 3 amide bonds. The topological polar surface area (TPSA) is 158 Å². The molecule has 0 unspecified atom stereocenters. The van der Waals surface area contributed by atoms with Crippen molar-refractivity contribution in [2.45, 2.75) is 51.1 Å². The maximum absolute atomic E-state index is 13.0. The van der Waals surface area contributed by atoms with E-state index in [2.05, 4.69) is 15.6 Å². The van der Waals surface area contributed by atoms with Crippen LogP contribution in [0.5, 0.6) is 0 Å². The first-order valence-corrected chi connectivity index (χ1v) is 12.4. The number of β-lactam (4-membered cyclic amide) rings is 1. The zero-order valence-corrected chi connectivity index (χ0v) is 20.7. The summed E-state index contributed by atoms with van der Waals surface area (Å²) in [6, 6.07) is -0.912. The molecule has 13 heteroatoms. The lowest BCUT2D eigenvalue weighted by Gasteiger charge is -2.49. The van der Waals surface area contributed by atoms with Crippen molar-refractivity contribution in [3.63, 3.8) is 0 Å². The monoisotopic (exact) mass is 510 g/mol. The summed E-state index contributed by atoms with van der Waals surface area (Å²) in [5.41, 5.74) is -0.0999. The van der Waals surface area contributed by atoms with E-state index in [0.29, 0.717) is 12.1 Å². The molecule has 1 aromatic rings. The number of allylic oxidation sites excluding steroid dienone is 1. The van der Waals surface area contributed by atoms with E-state index < -0.39 is 47.5 Å². The maximum Gasteiger partial charge on any atom is 0.413 e. The van der Waals surface area contributed by atoms with Crippen LogP contribution >= 0.6 is 23.1 Å². The third-order valence-electron chi connectivity index (χ3n) is 4.77. The highest BCUT2D eigenvalue weighted by Gasteiger charge is 2.54. The molecule has 2 aliphatic rings. The van der Waals surface area contributed by atoms with Gasteiger partial charge in [0, 0.05) is 11.1 Å². The van der Waals surface area contributed by atoms with Gasteiger partial charge in [-0.25, -0.2) is 14.6 Å². The number of aliphatic hydroxyl groups is 1. The first-order chi connectivity index (χ1) is 16.0. The Labute approximate surface area is 204 Å². The zero-order chi connectivity index (χ0) is 25.2. The van der Waals surface area contributed by atoms with E-state index in [-0.39, 0.29) is 27.7 Å². The van der Waals surface area contributed by atoms with Crippen LogP contribution in [-0.4, -0.2) is 73.4 Å². The van der Waals surface area contributed by atoms with Gasteiger partial charge in [0.25, 0.3) is 11.8 Å². The average Bonchev–Trinajstić information content (AvgIpc) is 3.20. The molecule has 4 N–H and O–H groups in total. The van der Waals surface area contributed by atoms with Crippen molar-refractivity contribution in [1.82, 2.24) is 15.2 Å². The third kappa shape index (κ3) is 5.42. The summed E-state index contributed by atoms with van der Waals surface area (Å²) in [6.07, 6.45) is 1.50. The minimum Gasteiger partial charge on any atom is -0.477 e. The van der Waals surface area contributed by atoms with Crippen molar-refractivity contribution in [2.75, 3.05) is 17.7 Å². The van der Waals surface area contributed by atoms with E-state index in [4.69, 9.17) is 4.74 Å². The number of nitrogens with one attached hydrogen (secondary N) is 2. The van der Waals surface area contributed by atoms with Gasteiger partial charge in [0.2, 0.25) is 0 Å².